The van der Waals surface area contributed by atoms with Crippen LogP contribution in [0.3, 0.4) is 0 Å². The van der Waals surface area contributed by atoms with Crippen LogP contribution in [0.25, 0.3) is 0 Å². The summed E-state index contributed by atoms with van der Waals surface area (Å²) >= 11 is 1.36. The van der Waals surface area contributed by atoms with Gasteiger partial charge in [0.1, 0.15) is 6.10 Å². The first-order valence-corrected chi connectivity index (χ1v) is 9.48. The Morgan fingerprint density at radius 1 is 1.30 bits per heavy atom. The number of hydrogen-bond acceptors (Lipinski definition) is 5. The Hall–Kier alpha value is -1.10. The molecular weight excluding hydrogens is 308 g/mol. The van der Waals surface area contributed by atoms with E-state index in [9.17, 15) is 4.79 Å². The minimum atomic E-state index is -0.150. The van der Waals surface area contributed by atoms with E-state index in [1.54, 1.807) is 0 Å². The summed E-state index contributed by atoms with van der Waals surface area (Å²) in [6, 6.07) is 1.93. The number of nitrogens with zero attached hydrogens (tertiary/aromatic N) is 2. The Kier molecular flexibility index (Phi) is 6.45. The average Bonchev–Trinajstić information content (AvgIpc) is 2.44. The quantitative estimate of drug-likeness (QED) is 0.458. The SMILES string of the molecule is Cc1cc(C)nc(SCC(=O)O[C@H]2C[C@@H](C)CC[C@H]2C(C)C)n1. The smallest absolute Gasteiger partial charge is 0.316 e. The van der Waals surface area contributed by atoms with Crippen molar-refractivity contribution >= 4 is 17.7 Å². The van der Waals surface area contributed by atoms with Gasteiger partial charge in [-0.3, -0.25) is 4.79 Å². The average molecular weight is 337 g/mol. The first-order chi connectivity index (χ1) is 10.8. The number of rotatable bonds is 5. The zero-order chi connectivity index (χ0) is 17.0. The molecule has 0 aliphatic heterocycles. The fourth-order valence-electron chi connectivity index (χ4n) is 3.33. The van der Waals surface area contributed by atoms with Gasteiger partial charge in [0.05, 0.1) is 5.75 Å². The third-order valence-electron chi connectivity index (χ3n) is 4.53. The van der Waals surface area contributed by atoms with Crippen LogP contribution in [-0.4, -0.2) is 27.8 Å². The number of esters is 1. The molecule has 128 valence electrons. The van der Waals surface area contributed by atoms with Gasteiger partial charge >= 0.3 is 5.97 Å². The van der Waals surface area contributed by atoms with Crippen LogP contribution in [-0.2, 0) is 9.53 Å². The normalized spacial score (nSPS) is 24.7. The summed E-state index contributed by atoms with van der Waals surface area (Å²) in [4.78, 5) is 20.9. The van der Waals surface area contributed by atoms with Crippen LogP contribution < -0.4 is 0 Å². The van der Waals surface area contributed by atoms with E-state index in [1.807, 2.05) is 19.9 Å². The van der Waals surface area contributed by atoms with Gasteiger partial charge in [-0.25, -0.2) is 9.97 Å². The van der Waals surface area contributed by atoms with Crippen LogP contribution in [0.2, 0.25) is 0 Å². The van der Waals surface area contributed by atoms with Crippen molar-refractivity contribution in [3.05, 3.63) is 17.5 Å². The molecule has 4 nitrogen and oxygen atoms in total. The van der Waals surface area contributed by atoms with Gasteiger partial charge in [-0.15, -0.1) is 0 Å². The monoisotopic (exact) mass is 336 g/mol. The van der Waals surface area contributed by atoms with Crippen LogP contribution in [0.1, 0.15) is 51.4 Å². The lowest BCUT2D eigenvalue weighted by atomic mass is 9.75. The van der Waals surface area contributed by atoms with Crippen LogP contribution in [0.4, 0.5) is 0 Å². The van der Waals surface area contributed by atoms with Crippen molar-refractivity contribution < 1.29 is 9.53 Å². The second-order valence-corrected chi connectivity index (χ2v) is 8.02. The standard InChI is InChI=1S/C18H28N2O2S/c1-11(2)15-7-6-12(3)8-16(15)22-17(21)10-23-18-19-13(4)9-14(5)20-18/h9,11-12,15-16H,6-8,10H2,1-5H3/t12-,15-,16-/m0/s1. The molecule has 1 aromatic rings. The fraction of sp³-hybridized carbons (Fsp3) is 0.722. The number of carbonyl (C=O) groups is 1. The number of aryl methyl sites for hydroxylation is 2. The summed E-state index contributed by atoms with van der Waals surface area (Å²) in [5, 5.41) is 0.650. The third-order valence-corrected chi connectivity index (χ3v) is 5.35. The van der Waals surface area contributed by atoms with Crippen molar-refractivity contribution in [2.45, 2.75) is 65.1 Å². The van der Waals surface area contributed by atoms with Gasteiger partial charge in [-0.1, -0.05) is 39.0 Å². The molecule has 0 spiro atoms. The molecule has 1 heterocycles. The molecule has 0 radical (unpaired) electrons. The Morgan fingerprint density at radius 3 is 2.57 bits per heavy atom. The summed E-state index contributed by atoms with van der Waals surface area (Å²) in [6.07, 6.45) is 3.44. The second kappa shape index (κ2) is 8.13. The molecule has 0 amide bonds. The minimum absolute atomic E-state index is 0.0620. The van der Waals surface area contributed by atoms with E-state index >= 15 is 0 Å². The molecule has 0 bridgehead atoms. The van der Waals surface area contributed by atoms with E-state index in [4.69, 9.17) is 4.74 Å². The minimum Gasteiger partial charge on any atom is -0.461 e. The highest BCUT2D eigenvalue weighted by Gasteiger charge is 2.33. The Balaban J connectivity index is 1.90. The number of thioether (sulfide) groups is 1. The molecule has 1 aliphatic carbocycles. The van der Waals surface area contributed by atoms with Crippen LogP contribution in [0.5, 0.6) is 0 Å². The van der Waals surface area contributed by atoms with Gasteiger partial charge in [-0.2, -0.15) is 0 Å². The Morgan fingerprint density at radius 2 is 1.96 bits per heavy atom. The van der Waals surface area contributed by atoms with Crippen molar-refractivity contribution in [1.29, 1.82) is 0 Å². The third kappa shape index (κ3) is 5.48. The largest absolute Gasteiger partial charge is 0.461 e. The Bertz CT molecular complexity index is 528. The molecule has 1 aromatic heterocycles. The first kappa shape index (κ1) is 18.2. The van der Waals surface area contributed by atoms with Crippen LogP contribution >= 0.6 is 11.8 Å². The molecular formula is C18H28N2O2S. The predicted molar refractivity (Wildman–Crippen MR) is 93.5 cm³/mol. The van der Waals surface area contributed by atoms with Gasteiger partial charge in [-0.05, 0) is 50.5 Å². The summed E-state index contributed by atoms with van der Waals surface area (Å²) in [6.45, 7) is 10.6. The van der Waals surface area contributed by atoms with Crippen molar-refractivity contribution in [3.63, 3.8) is 0 Å². The van der Waals surface area contributed by atoms with Crippen molar-refractivity contribution in [2.24, 2.45) is 17.8 Å². The van der Waals surface area contributed by atoms with Crippen molar-refractivity contribution in [2.75, 3.05) is 5.75 Å². The van der Waals surface area contributed by atoms with Crippen LogP contribution in [0, 0.1) is 31.6 Å². The van der Waals surface area contributed by atoms with E-state index in [1.165, 1.54) is 18.2 Å². The molecule has 1 aliphatic rings. The van der Waals surface area contributed by atoms with E-state index in [0.717, 1.165) is 24.2 Å². The van der Waals surface area contributed by atoms with E-state index < -0.39 is 0 Å². The summed E-state index contributed by atoms with van der Waals surface area (Å²) in [7, 11) is 0. The maximum atomic E-state index is 12.2. The summed E-state index contributed by atoms with van der Waals surface area (Å²) in [5.74, 6) is 1.80. The van der Waals surface area contributed by atoms with Crippen LogP contribution in [0.15, 0.2) is 11.2 Å². The summed E-state index contributed by atoms with van der Waals surface area (Å²) in [5.41, 5.74) is 1.85. The zero-order valence-electron chi connectivity index (χ0n) is 14.8. The number of aromatic nitrogens is 2. The topological polar surface area (TPSA) is 52.1 Å². The highest BCUT2D eigenvalue weighted by atomic mass is 32.2. The molecule has 0 saturated heterocycles. The molecule has 1 fully saturated rings. The van der Waals surface area contributed by atoms with Gasteiger partial charge in [0, 0.05) is 11.4 Å². The van der Waals surface area contributed by atoms with E-state index in [-0.39, 0.29) is 17.8 Å². The van der Waals surface area contributed by atoms with Crippen molar-refractivity contribution in [1.82, 2.24) is 9.97 Å². The molecule has 2 rings (SSSR count). The highest BCUT2D eigenvalue weighted by Crippen LogP contribution is 2.35. The molecule has 0 aromatic carbocycles. The number of hydrogen-bond donors (Lipinski definition) is 0. The fourth-order valence-corrected chi connectivity index (χ4v) is 4.07. The molecule has 0 unspecified atom stereocenters. The maximum Gasteiger partial charge on any atom is 0.316 e. The summed E-state index contributed by atoms with van der Waals surface area (Å²) < 4.78 is 5.80. The van der Waals surface area contributed by atoms with Gasteiger partial charge in [0.2, 0.25) is 0 Å². The molecule has 3 atom stereocenters. The maximum absolute atomic E-state index is 12.2. The lowest BCUT2D eigenvalue weighted by Gasteiger charge is -2.36. The molecule has 1 saturated carbocycles. The Labute approximate surface area is 143 Å². The van der Waals surface area contributed by atoms with Gasteiger partial charge in [0.15, 0.2) is 5.16 Å². The van der Waals surface area contributed by atoms with E-state index in [2.05, 4.69) is 30.7 Å². The lowest BCUT2D eigenvalue weighted by molar-refractivity contribution is -0.152. The molecule has 23 heavy (non-hydrogen) atoms. The first-order valence-electron chi connectivity index (χ1n) is 8.49. The van der Waals surface area contributed by atoms with Gasteiger partial charge in [0.25, 0.3) is 0 Å². The number of carbonyl (C=O) groups excluding carboxylic acids is 1. The highest BCUT2D eigenvalue weighted by molar-refractivity contribution is 7.99. The number of ether oxygens (including phenoxy) is 1. The molecule has 0 N–H and O–H groups in total. The zero-order valence-corrected chi connectivity index (χ0v) is 15.7. The lowest BCUT2D eigenvalue weighted by Crippen LogP contribution is -2.36. The predicted octanol–water partition coefficient (Wildman–Crippen LogP) is 4.19. The molecule has 5 heteroatoms. The van der Waals surface area contributed by atoms with Crippen molar-refractivity contribution in [3.8, 4) is 0 Å². The van der Waals surface area contributed by atoms with Gasteiger partial charge < -0.3 is 4.74 Å². The second-order valence-electron chi connectivity index (χ2n) is 7.08. The van der Waals surface area contributed by atoms with E-state index in [0.29, 0.717) is 22.9 Å².